The summed E-state index contributed by atoms with van der Waals surface area (Å²) in [4.78, 5) is 0. The van der Waals surface area contributed by atoms with Crippen molar-refractivity contribution in [3.05, 3.63) is 0 Å². The van der Waals surface area contributed by atoms with E-state index in [-0.39, 0.29) is 0 Å². The third kappa shape index (κ3) is 2.36. The summed E-state index contributed by atoms with van der Waals surface area (Å²) in [5.74, 6) is -9.34. The van der Waals surface area contributed by atoms with Gasteiger partial charge < -0.3 is 5.11 Å². The van der Waals surface area contributed by atoms with E-state index in [2.05, 4.69) is 0 Å². The van der Waals surface area contributed by atoms with Crippen LogP contribution in [0.5, 0.6) is 0 Å². The molecule has 3 unspecified atom stereocenters. The van der Waals surface area contributed by atoms with Crippen molar-refractivity contribution in [3.63, 3.8) is 0 Å². The van der Waals surface area contributed by atoms with E-state index in [4.69, 9.17) is 5.11 Å². The Bertz CT molecular complexity index is 386. The highest BCUT2D eigenvalue weighted by atomic mass is 19.4. The Hall–Kier alpha value is -0.740. The van der Waals surface area contributed by atoms with E-state index in [1.165, 1.54) is 0 Å². The van der Waals surface area contributed by atoms with Gasteiger partial charge in [0.05, 0.1) is 5.92 Å². The molecule has 1 nitrogen and oxygen atoms in total. The lowest BCUT2D eigenvalue weighted by molar-refractivity contribution is -0.399. The van der Waals surface area contributed by atoms with Crippen molar-refractivity contribution in [1.29, 1.82) is 0 Å². The molecule has 1 aliphatic rings. The maximum absolute atomic E-state index is 13.8. The van der Waals surface area contributed by atoms with Gasteiger partial charge in [-0.05, 0) is 12.8 Å². The Morgan fingerprint density at radius 1 is 1.00 bits per heavy atom. The lowest BCUT2D eigenvalue weighted by Gasteiger charge is -2.39. The molecule has 0 radical (unpaired) electrons. The van der Waals surface area contributed by atoms with Gasteiger partial charge in [0.15, 0.2) is 6.17 Å². The van der Waals surface area contributed by atoms with Crippen molar-refractivity contribution in [3.8, 4) is 0 Å². The molecular formula is C10H10F10O. The zero-order valence-corrected chi connectivity index (χ0v) is 10.3. The molecule has 1 N–H and O–H groups in total. The molecule has 0 aromatic carbocycles. The van der Waals surface area contributed by atoms with Crippen LogP contribution in [0.2, 0.25) is 0 Å². The molecule has 0 aromatic heterocycles. The summed E-state index contributed by atoms with van der Waals surface area (Å²) in [7, 11) is 0. The summed E-state index contributed by atoms with van der Waals surface area (Å²) in [5.41, 5.74) is -9.49. The zero-order chi connectivity index (χ0) is 17.1. The largest absolute Gasteiger partial charge is 0.426 e. The second kappa shape index (κ2) is 4.63. The normalized spacial score (nSPS) is 34.3. The van der Waals surface area contributed by atoms with Gasteiger partial charge in [0.2, 0.25) is 0 Å². The summed E-state index contributed by atoms with van der Waals surface area (Å²) in [6.07, 6.45) is -20.2. The third-order valence-corrected chi connectivity index (χ3v) is 3.76. The molecule has 0 amide bonds. The lowest BCUT2D eigenvalue weighted by Crippen LogP contribution is -2.65. The average molecular weight is 336 g/mol. The molecule has 1 aliphatic carbocycles. The quantitative estimate of drug-likeness (QED) is 0.757. The highest BCUT2D eigenvalue weighted by Gasteiger charge is 2.83. The van der Waals surface area contributed by atoms with Crippen LogP contribution in [0.3, 0.4) is 0 Å². The van der Waals surface area contributed by atoms with Crippen molar-refractivity contribution in [1.82, 2.24) is 0 Å². The van der Waals surface area contributed by atoms with Crippen LogP contribution < -0.4 is 0 Å². The predicted molar refractivity (Wildman–Crippen MR) is 49.1 cm³/mol. The van der Waals surface area contributed by atoms with Crippen molar-refractivity contribution in [2.45, 2.75) is 55.5 Å². The van der Waals surface area contributed by atoms with Crippen molar-refractivity contribution >= 4 is 0 Å². The van der Waals surface area contributed by atoms with Crippen molar-refractivity contribution < 1.29 is 49.0 Å². The first-order valence-electron chi connectivity index (χ1n) is 5.62. The molecule has 0 saturated heterocycles. The molecule has 126 valence electrons. The van der Waals surface area contributed by atoms with Gasteiger partial charge in [-0.1, -0.05) is 6.92 Å². The number of aliphatic hydroxyl groups is 1. The van der Waals surface area contributed by atoms with Gasteiger partial charge in [0.1, 0.15) is 5.67 Å². The van der Waals surface area contributed by atoms with Gasteiger partial charge in [0.25, 0.3) is 11.5 Å². The number of hydrogen-bond acceptors (Lipinski definition) is 1. The average Bonchev–Trinajstić information content (AvgIpc) is 2.47. The first-order valence-corrected chi connectivity index (χ1v) is 5.62. The highest BCUT2D eigenvalue weighted by Crippen LogP contribution is 2.61. The number of hydrogen-bond donors (Lipinski definition) is 1. The Labute approximate surface area is 111 Å². The maximum Gasteiger partial charge on any atom is 0.426 e. The molecule has 3 atom stereocenters. The molecule has 11 heteroatoms. The molecule has 1 rings (SSSR count). The smallest absolute Gasteiger partial charge is 0.373 e. The van der Waals surface area contributed by atoms with E-state index in [0.29, 0.717) is 0 Å². The fourth-order valence-corrected chi connectivity index (χ4v) is 2.41. The zero-order valence-electron chi connectivity index (χ0n) is 10.3. The number of alkyl halides is 10. The lowest BCUT2D eigenvalue weighted by atomic mass is 9.81. The van der Waals surface area contributed by atoms with E-state index in [1.807, 2.05) is 0 Å². The van der Waals surface area contributed by atoms with Gasteiger partial charge in [-0.3, -0.25) is 0 Å². The van der Waals surface area contributed by atoms with Crippen LogP contribution in [0.15, 0.2) is 0 Å². The van der Waals surface area contributed by atoms with Crippen LogP contribution in [-0.2, 0) is 0 Å². The Morgan fingerprint density at radius 2 is 1.38 bits per heavy atom. The van der Waals surface area contributed by atoms with Crippen molar-refractivity contribution in [2.24, 2.45) is 5.92 Å². The fraction of sp³-hybridized carbons (Fsp3) is 1.00. The Morgan fingerprint density at radius 3 is 1.62 bits per heavy atom. The van der Waals surface area contributed by atoms with Crippen LogP contribution in [0.1, 0.15) is 19.8 Å². The van der Waals surface area contributed by atoms with Gasteiger partial charge in [-0.2, -0.15) is 26.3 Å². The molecule has 0 aromatic rings. The predicted octanol–water partition coefficient (Wildman–Crippen LogP) is 3.95. The molecular weight excluding hydrogens is 326 g/mol. The van der Waals surface area contributed by atoms with Crippen molar-refractivity contribution in [2.75, 3.05) is 0 Å². The fourth-order valence-electron chi connectivity index (χ4n) is 2.41. The van der Waals surface area contributed by atoms with E-state index >= 15 is 0 Å². The molecule has 0 heterocycles. The topological polar surface area (TPSA) is 20.2 Å². The SMILES string of the molecule is CCC1(F)CC(C(O)(C(F)(F)F)C(F)(F)F)C(F)(F)C1F. The molecule has 1 saturated carbocycles. The van der Waals surface area contributed by atoms with E-state index in [0.717, 1.165) is 6.92 Å². The van der Waals surface area contributed by atoms with Crippen LogP contribution in [0.25, 0.3) is 0 Å². The summed E-state index contributed by atoms with van der Waals surface area (Å²) in [6.45, 7) is 0.797. The molecule has 0 spiro atoms. The van der Waals surface area contributed by atoms with Crippen LogP contribution in [0.4, 0.5) is 43.9 Å². The monoisotopic (exact) mass is 336 g/mol. The summed E-state index contributed by atoms with van der Waals surface area (Å²) >= 11 is 0. The van der Waals surface area contributed by atoms with Gasteiger partial charge in [0, 0.05) is 0 Å². The van der Waals surface area contributed by atoms with Crippen LogP contribution in [0, 0.1) is 5.92 Å². The minimum Gasteiger partial charge on any atom is -0.373 e. The van der Waals surface area contributed by atoms with E-state index in [9.17, 15) is 43.9 Å². The second-order valence-corrected chi connectivity index (χ2v) is 4.94. The van der Waals surface area contributed by atoms with E-state index in [1.54, 1.807) is 0 Å². The Balaban J connectivity index is 3.48. The van der Waals surface area contributed by atoms with Gasteiger partial charge >= 0.3 is 12.4 Å². The number of halogens is 10. The minimum absolute atomic E-state index is 0.797. The first-order chi connectivity index (χ1) is 9.05. The second-order valence-electron chi connectivity index (χ2n) is 4.94. The molecule has 0 aliphatic heterocycles. The minimum atomic E-state index is -6.57. The highest BCUT2D eigenvalue weighted by molar-refractivity contribution is 5.16. The summed E-state index contributed by atoms with van der Waals surface area (Å²) in [5, 5.41) is 8.90. The molecule has 0 bridgehead atoms. The summed E-state index contributed by atoms with van der Waals surface area (Å²) < 4.78 is 129. The maximum atomic E-state index is 13.8. The standard InChI is InChI=1S/C10H10F10O/c1-2-6(12)3-4(7(13,14)5(6)11)8(21,9(15,16)17)10(18,19)20/h4-5,21H,2-3H2,1H3. The first kappa shape index (κ1) is 18.3. The van der Waals surface area contributed by atoms with Crippen LogP contribution in [-0.4, -0.2) is 40.8 Å². The van der Waals surface area contributed by atoms with Gasteiger partial charge in [-0.15, -0.1) is 0 Å². The third-order valence-electron chi connectivity index (χ3n) is 3.76. The number of rotatable bonds is 2. The van der Waals surface area contributed by atoms with Crippen LogP contribution >= 0.6 is 0 Å². The van der Waals surface area contributed by atoms with E-state index < -0.39 is 54.5 Å². The summed E-state index contributed by atoms with van der Waals surface area (Å²) in [6, 6.07) is 0. The Kier molecular flexibility index (Phi) is 4.03. The molecule has 21 heavy (non-hydrogen) atoms. The molecule has 1 fully saturated rings. The van der Waals surface area contributed by atoms with Gasteiger partial charge in [-0.25, -0.2) is 17.6 Å².